The average Bonchev–Trinajstić information content (AvgIpc) is 3.37. The molecule has 0 saturated heterocycles. The number of hydrogen-bond acceptors (Lipinski definition) is 6. The van der Waals surface area contributed by atoms with E-state index in [2.05, 4.69) is 32.3 Å². The minimum atomic E-state index is 0.329. The summed E-state index contributed by atoms with van der Waals surface area (Å²) in [5.74, 6) is 1.32. The van der Waals surface area contributed by atoms with Gasteiger partial charge in [0.2, 0.25) is 5.82 Å². The lowest BCUT2D eigenvalue weighted by Gasteiger charge is -2.03. The molecule has 0 aliphatic heterocycles. The summed E-state index contributed by atoms with van der Waals surface area (Å²) >= 11 is 0. The van der Waals surface area contributed by atoms with Crippen LogP contribution in [0.5, 0.6) is 0 Å². The number of benzene rings is 1. The summed E-state index contributed by atoms with van der Waals surface area (Å²) in [6, 6.07) is 13.7. The van der Waals surface area contributed by atoms with Crippen LogP contribution in [0.15, 0.2) is 59.4 Å². The molecule has 0 spiro atoms. The van der Waals surface area contributed by atoms with Gasteiger partial charge in [0.1, 0.15) is 6.33 Å². The topological polar surface area (TPSA) is 100 Å². The molecule has 4 heterocycles. The number of nitrogen functional groups attached to an aromatic ring is 1. The number of hydrogen-bond donors (Lipinski definition) is 1. The van der Waals surface area contributed by atoms with Crippen LogP contribution >= 0.6 is 0 Å². The first-order valence-corrected chi connectivity index (χ1v) is 8.24. The lowest BCUT2D eigenvalue weighted by molar-refractivity contribution is 0.597. The fraction of sp³-hybridized carbons (Fsp3) is 0.111. The maximum atomic E-state index is 5.63. The van der Waals surface area contributed by atoms with Crippen LogP contribution in [-0.4, -0.2) is 29.4 Å². The Morgan fingerprint density at radius 1 is 1.04 bits per heavy atom. The van der Waals surface area contributed by atoms with Gasteiger partial charge in [0.25, 0.3) is 0 Å². The molecule has 0 fully saturated rings. The maximum absolute atomic E-state index is 5.63. The molecule has 5 rings (SSSR count). The van der Waals surface area contributed by atoms with Crippen LogP contribution in [0.3, 0.4) is 0 Å². The molecule has 128 valence electrons. The first kappa shape index (κ1) is 14.6. The second-order valence-electron chi connectivity index (χ2n) is 5.99. The van der Waals surface area contributed by atoms with Crippen molar-refractivity contribution >= 4 is 22.6 Å². The van der Waals surface area contributed by atoms with E-state index >= 15 is 0 Å². The number of rotatable bonds is 4. The lowest BCUT2D eigenvalue weighted by atomic mass is 10.1. The van der Waals surface area contributed by atoms with Crippen molar-refractivity contribution in [3.05, 3.63) is 60.6 Å². The zero-order chi connectivity index (χ0) is 17.5. The Balaban J connectivity index is 1.52. The van der Waals surface area contributed by atoms with Crippen molar-refractivity contribution in [2.24, 2.45) is 0 Å². The highest BCUT2D eigenvalue weighted by atomic mass is 16.4. The number of nitrogens with zero attached hydrogens (tertiary/aromatic N) is 6. The number of furan rings is 1. The van der Waals surface area contributed by atoms with Crippen LogP contribution in [-0.2, 0) is 13.0 Å². The predicted octanol–water partition coefficient (Wildman–Crippen LogP) is 2.56. The molecule has 0 unspecified atom stereocenters. The predicted molar refractivity (Wildman–Crippen MR) is 96.3 cm³/mol. The molecule has 4 aromatic heterocycles. The molecule has 8 heteroatoms. The Morgan fingerprint density at radius 2 is 1.92 bits per heavy atom. The van der Waals surface area contributed by atoms with Gasteiger partial charge in [-0.2, -0.15) is 5.10 Å². The summed E-state index contributed by atoms with van der Waals surface area (Å²) in [4.78, 5) is 9.06. The van der Waals surface area contributed by atoms with Crippen molar-refractivity contribution in [1.82, 2.24) is 29.4 Å². The lowest BCUT2D eigenvalue weighted by Crippen LogP contribution is -2.04. The van der Waals surface area contributed by atoms with Crippen molar-refractivity contribution in [3.63, 3.8) is 0 Å². The molecule has 5 aromatic rings. The molecule has 1 aromatic carbocycles. The van der Waals surface area contributed by atoms with Crippen LogP contribution in [0.1, 0.15) is 5.56 Å². The quantitative estimate of drug-likeness (QED) is 0.537. The minimum absolute atomic E-state index is 0.329. The van der Waals surface area contributed by atoms with E-state index in [1.54, 1.807) is 29.2 Å². The Bertz CT molecular complexity index is 1200. The minimum Gasteiger partial charge on any atom is -0.438 e. The van der Waals surface area contributed by atoms with Crippen molar-refractivity contribution in [1.29, 1.82) is 0 Å². The van der Waals surface area contributed by atoms with Gasteiger partial charge in [-0.15, -0.1) is 5.10 Å². The summed E-state index contributed by atoms with van der Waals surface area (Å²) in [6.07, 6.45) is 4.30. The van der Waals surface area contributed by atoms with E-state index in [-0.39, 0.29) is 0 Å². The van der Waals surface area contributed by atoms with E-state index in [4.69, 9.17) is 10.2 Å². The molecule has 0 amide bonds. The van der Waals surface area contributed by atoms with Gasteiger partial charge in [-0.25, -0.2) is 19.2 Å². The third-order valence-corrected chi connectivity index (χ3v) is 4.28. The van der Waals surface area contributed by atoms with Gasteiger partial charge in [-0.05, 0) is 18.1 Å². The van der Waals surface area contributed by atoms with E-state index in [0.717, 1.165) is 24.0 Å². The molecule has 2 N–H and O–H groups in total. The summed E-state index contributed by atoms with van der Waals surface area (Å²) in [5.41, 5.74) is 8.36. The number of anilines is 1. The molecular formula is C18H15N7O. The molecule has 0 aliphatic rings. The van der Waals surface area contributed by atoms with E-state index in [0.29, 0.717) is 23.1 Å². The zero-order valence-electron chi connectivity index (χ0n) is 13.8. The van der Waals surface area contributed by atoms with Crippen LogP contribution < -0.4 is 5.73 Å². The van der Waals surface area contributed by atoms with Crippen LogP contribution in [0.25, 0.3) is 28.3 Å². The molecular weight excluding hydrogens is 330 g/mol. The second kappa shape index (κ2) is 5.69. The number of nitrogens with two attached hydrogens (primary N) is 1. The molecule has 0 saturated carbocycles. The molecule has 0 aliphatic carbocycles. The van der Waals surface area contributed by atoms with Gasteiger partial charge in [0.05, 0.1) is 11.6 Å². The number of aryl methyl sites for hydroxylation is 2. The van der Waals surface area contributed by atoms with Gasteiger partial charge in [-0.3, -0.25) is 0 Å². The summed E-state index contributed by atoms with van der Waals surface area (Å²) in [5, 5.41) is 9.73. The zero-order valence-corrected chi connectivity index (χ0v) is 13.8. The normalized spacial score (nSPS) is 11.5. The van der Waals surface area contributed by atoms with E-state index < -0.39 is 0 Å². The van der Waals surface area contributed by atoms with E-state index in [1.807, 2.05) is 22.9 Å². The van der Waals surface area contributed by atoms with Crippen LogP contribution in [0.4, 0.5) is 5.88 Å². The maximum Gasteiger partial charge on any atom is 0.218 e. The number of fused-ring (bicyclic) bond motifs is 3. The average molecular weight is 345 g/mol. The van der Waals surface area contributed by atoms with Gasteiger partial charge < -0.3 is 10.2 Å². The van der Waals surface area contributed by atoms with Crippen molar-refractivity contribution in [2.45, 2.75) is 13.0 Å². The van der Waals surface area contributed by atoms with Crippen LogP contribution in [0.2, 0.25) is 0 Å². The molecule has 0 bridgehead atoms. The van der Waals surface area contributed by atoms with Gasteiger partial charge >= 0.3 is 0 Å². The second-order valence-corrected chi connectivity index (χ2v) is 5.99. The molecule has 8 nitrogen and oxygen atoms in total. The SMILES string of the molecule is Nc1ccc(-c2nc3c4cnn(CCc5ccccc5)c4ncn3n2)o1. The Hall–Kier alpha value is -3.68. The smallest absolute Gasteiger partial charge is 0.218 e. The largest absolute Gasteiger partial charge is 0.438 e. The van der Waals surface area contributed by atoms with Crippen molar-refractivity contribution in [3.8, 4) is 11.6 Å². The fourth-order valence-electron chi connectivity index (χ4n) is 2.99. The molecule has 0 atom stereocenters. The monoisotopic (exact) mass is 345 g/mol. The van der Waals surface area contributed by atoms with Crippen LogP contribution in [0, 0.1) is 0 Å². The standard InChI is InChI=1S/C18H15N7O/c19-15-7-6-14(26-15)16-22-18-13-10-21-24(17(13)20-11-25(18)23-16)9-8-12-4-2-1-3-5-12/h1-7,10-11H,8-9,19H2. The highest BCUT2D eigenvalue weighted by molar-refractivity contribution is 5.88. The Kier molecular flexibility index (Phi) is 3.21. The number of aromatic nitrogens is 6. The van der Waals surface area contributed by atoms with Crippen molar-refractivity contribution < 1.29 is 4.42 Å². The van der Waals surface area contributed by atoms with E-state index in [1.165, 1.54) is 5.56 Å². The molecule has 26 heavy (non-hydrogen) atoms. The first-order valence-electron chi connectivity index (χ1n) is 8.24. The Morgan fingerprint density at radius 3 is 2.73 bits per heavy atom. The highest BCUT2D eigenvalue weighted by Crippen LogP contribution is 2.23. The van der Waals surface area contributed by atoms with E-state index in [9.17, 15) is 0 Å². The molecule has 0 radical (unpaired) electrons. The van der Waals surface area contributed by atoms with Crippen molar-refractivity contribution in [2.75, 3.05) is 5.73 Å². The first-order chi connectivity index (χ1) is 12.8. The van der Waals surface area contributed by atoms with Gasteiger partial charge in [-0.1, -0.05) is 30.3 Å². The van der Waals surface area contributed by atoms with Gasteiger partial charge in [0, 0.05) is 12.6 Å². The van der Waals surface area contributed by atoms with Gasteiger partial charge in [0.15, 0.2) is 22.9 Å². The summed E-state index contributed by atoms with van der Waals surface area (Å²) in [7, 11) is 0. The third-order valence-electron chi connectivity index (χ3n) is 4.28. The summed E-state index contributed by atoms with van der Waals surface area (Å²) in [6.45, 7) is 0.742. The Labute approximate surface area is 147 Å². The summed E-state index contributed by atoms with van der Waals surface area (Å²) < 4.78 is 8.92. The third kappa shape index (κ3) is 2.39. The fourth-order valence-corrected chi connectivity index (χ4v) is 2.99. The highest BCUT2D eigenvalue weighted by Gasteiger charge is 2.15.